The van der Waals surface area contributed by atoms with Crippen LogP contribution in [0.4, 0.5) is 0 Å². The van der Waals surface area contributed by atoms with Crippen LogP contribution in [0.15, 0.2) is 23.8 Å². The number of ether oxygens (including phenoxy) is 3. The van der Waals surface area contributed by atoms with Crippen LogP contribution < -0.4 is 0 Å². The molecule has 0 spiro atoms. The molecule has 3 fully saturated rings. The fourth-order valence-electron chi connectivity index (χ4n) is 9.10. The van der Waals surface area contributed by atoms with Crippen molar-refractivity contribution < 1.29 is 19.3 Å². The Morgan fingerprint density at radius 1 is 1.22 bits per heavy atom. The van der Waals surface area contributed by atoms with Crippen LogP contribution in [0.1, 0.15) is 75.2 Å². The minimum absolute atomic E-state index is 0.0150. The second-order valence-electron chi connectivity index (χ2n) is 12.1. The zero-order chi connectivity index (χ0) is 23.8. The average Bonchev–Trinajstić information content (AvgIpc) is 2.96. The third kappa shape index (κ3) is 3.01. The minimum Gasteiger partial charge on any atom is -0.390 e. The number of rotatable bonds is 4. The van der Waals surface area contributed by atoms with E-state index in [0.717, 1.165) is 12.8 Å². The molecule has 0 bridgehead atoms. The third-order valence-electron chi connectivity index (χ3n) is 10.4. The molecule has 1 saturated heterocycles. The Kier molecular flexibility index (Phi) is 6.06. The summed E-state index contributed by atoms with van der Waals surface area (Å²) in [6, 6.07) is 0. The highest BCUT2D eigenvalue weighted by Crippen LogP contribution is 2.70. The molecule has 0 aromatic rings. The van der Waals surface area contributed by atoms with Crippen LogP contribution in [-0.4, -0.2) is 41.9 Å². The van der Waals surface area contributed by atoms with E-state index < -0.39 is 11.9 Å². The minimum atomic E-state index is -0.835. The molecule has 4 rings (SSSR count). The van der Waals surface area contributed by atoms with Crippen molar-refractivity contribution in [3.05, 3.63) is 23.8 Å². The highest BCUT2D eigenvalue weighted by molar-refractivity contribution is 5.39. The van der Waals surface area contributed by atoms with E-state index in [1.54, 1.807) is 6.08 Å². The summed E-state index contributed by atoms with van der Waals surface area (Å²) >= 11 is 0. The van der Waals surface area contributed by atoms with Gasteiger partial charge in [-0.05, 0) is 63.9 Å². The van der Waals surface area contributed by atoms with E-state index in [4.69, 9.17) is 14.2 Å². The monoisotopic (exact) mass is 446 g/mol. The van der Waals surface area contributed by atoms with Crippen LogP contribution in [0.5, 0.6) is 0 Å². The molecule has 32 heavy (non-hydrogen) atoms. The van der Waals surface area contributed by atoms with Crippen LogP contribution in [0.2, 0.25) is 0 Å². The first-order valence-electron chi connectivity index (χ1n) is 12.8. The second kappa shape index (κ2) is 7.93. The summed E-state index contributed by atoms with van der Waals surface area (Å²) in [4.78, 5) is 0. The van der Waals surface area contributed by atoms with E-state index in [2.05, 4.69) is 55.0 Å². The standard InChI is InChI=1S/C28H46O4/c1-11-22-31-21-13-20(30-12-2)17(5)24-19(7)28(26(8,9)29)14-15(3)16(4)23(28)18(6)25(32-22)27(21,24)10/h11,15,17-22,24-25,29H,1,12-14H2,2-10H3/t15-,17-,18-,19-,20+,21-,22?,24-,25-,27+,28+/m0/s1. The molecule has 2 saturated carbocycles. The number of hydrogen-bond donors (Lipinski definition) is 1. The summed E-state index contributed by atoms with van der Waals surface area (Å²) in [5.74, 6) is 1.58. The lowest BCUT2D eigenvalue weighted by atomic mass is 9.49. The fraction of sp³-hybridized carbons (Fsp3) is 0.857. The summed E-state index contributed by atoms with van der Waals surface area (Å²) in [6.07, 6.45) is 3.48. The summed E-state index contributed by atoms with van der Waals surface area (Å²) in [6.45, 7) is 25.0. The predicted molar refractivity (Wildman–Crippen MR) is 128 cm³/mol. The number of allylic oxidation sites excluding steroid dienone is 1. The molecule has 0 radical (unpaired) electrons. The van der Waals surface area contributed by atoms with Crippen molar-refractivity contribution in [2.75, 3.05) is 6.61 Å². The van der Waals surface area contributed by atoms with Gasteiger partial charge in [0.05, 0.1) is 23.9 Å². The lowest BCUT2D eigenvalue weighted by molar-refractivity contribution is -0.327. The Balaban J connectivity index is 1.99. The molecule has 4 aliphatic rings. The average molecular weight is 447 g/mol. The largest absolute Gasteiger partial charge is 0.390 e. The lowest BCUT2D eigenvalue weighted by Gasteiger charge is -2.61. The Morgan fingerprint density at radius 3 is 2.44 bits per heavy atom. The van der Waals surface area contributed by atoms with Crippen molar-refractivity contribution >= 4 is 0 Å². The summed E-state index contributed by atoms with van der Waals surface area (Å²) < 4.78 is 19.6. The van der Waals surface area contributed by atoms with Gasteiger partial charge in [0.15, 0.2) is 6.29 Å². The fourth-order valence-corrected chi connectivity index (χ4v) is 9.10. The molecule has 1 N–H and O–H groups in total. The molecule has 1 unspecified atom stereocenters. The normalized spacial score (nSPS) is 51.1. The van der Waals surface area contributed by atoms with Crippen LogP contribution >= 0.6 is 0 Å². The van der Waals surface area contributed by atoms with Crippen molar-refractivity contribution in [2.24, 2.45) is 40.4 Å². The van der Waals surface area contributed by atoms with Crippen LogP contribution in [-0.2, 0) is 14.2 Å². The van der Waals surface area contributed by atoms with Gasteiger partial charge in [0, 0.05) is 29.8 Å². The summed E-state index contributed by atoms with van der Waals surface area (Å²) in [5.41, 5.74) is 1.60. The van der Waals surface area contributed by atoms with Gasteiger partial charge < -0.3 is 19.3 Å². The zero-order valence-corrected chi connectivity index (χ0v) is 21.8. The molecular weight excluding hydrogens is 400 g/mol. The lowest BCUT2D eigenvalue weighted by Crippen LogP contribution is -2.65. The topological polar surface area (TPSA) is 47.9 Å². The van der Waals surface area contributed by atoms with E-state index in [-0.39, 0.29) is 41.0 Å². The predicted octanol–water partition coefficient (Wildman–Crippen LogP) is 5.75. The second-order valence-corrected chi connectivity index (χ2v) is 12.1. The van der Waals surface area contributed by atoms with Gasteiger partial charge >= 0.3 is 0 Å². The van der Waals surface area contributed by atoms with Gasteiger partial charge in [0.1, 0.15) is 0 Å². The molecule has 3 aliphatic carbocycles. The van der Waals surface area contributed by atoms with E-state index in [9.17, 15) is 5.11 Å². The van der Waals surface area contributed by atoms with Crippen molar-refractivity contribution in [2.45, 2.75) is 105 Å². The highest BCUT2D eigenvalue weighted by atomic mass is 16.7. The van der Waals surface area contributed by atoms with Crippen molar-refractivity contribution in [1.82, 2.24) is 0 Å². The molecule has 182 valence electrons. The van der Waals surface area contributed by atoms with E-state index >= 15 is 0 Å². The van der Waals surface area contributed by atoms with E-state index in [1.807, 2.05) is 13.8 Å². The molecule has 4 nitrogen and oxygen atoms in total. The quantitative estimate of drug-likeness (QED) is 0.559. The number of hydrogen-bond acceptors (Lipinski definition) is 4. The first-order chi connectivity index (χ1) is 14.9. The first kappa shape index (κ1) is 24.4. The Hall–Kier alpha value is -0.680. The van der Waals surface area contributed by atoms with Crippen LogP contribution in [0, 0.1) is 40.4 Å². The molecule has 11 atom stereocenters. The summed E-state index contributed by atoms with van der Waals surface area (Å²) in [5, 5.41) is 11.9. The van der Waals surface area contributed by atoms with E-state index in [0.29, 0.717) is 24.4 Å². The molecule has 0 aromatic heterocycles. The molecule has 0 amide bonds. The van der Waals surface area contributed by atoms with Crippen molar-refractivity contribution in [1.29, 1.82) is 0 Å². The Morgan fingerprint density at radius 2 is 1.88 bits per heavy atom. The van der Waals surface area contributed by atoms with Gasteiger partial charge in [-0.3, -0.25) is 0 Å². The molecule has 1 heterocycles. The smallest absolute Gasteiger partial charge is 0.177 e. The first-order valence-corrected chi connectivity index (χ1v) is 12.8. The number of fused-ring (bicyclic) bond motifs is 1. The van der Waals surface area contributed by atoms with Crippen molar-refractivity contribution in [3.8, 4) is 0 Å². The van der Waals surface area contributed by atoms with Gasteiger partial charge in [0.25, 0.3) is 0 Å². The SMILES string of the molecule is C=CC1O[C@H]2C[C@@H](OCC)[C@H](C)[C@H]3[C@H](C)[C@]4(C(C)(C)O)C[C@H](C)C(C)=C4[C@H](C)[C@H](O1)[C@@]32C. The van der Waals surface area contributed by atoms with E-state index in [1.165, 1.54) is 11.1 Å². The maximum atomic E-state index is 11.9. The van der Waals surface area contributed by atoms with Gasteiger partial charge in [-0.15, -0.1) is 0 Å². The maximum Gasteiger partial charge on any atom is 0.177 e. The molecule has 4 heteroatoms. The zero-order valence-electron chi connectivity index (χ0n) is 21.8. The Labute approximate surface area is 195 Å². The number of aliphatic hydroxyl groups is 1. The third-order valence-corrected chi connectivity index (χ3v) is 10.4. The summed E-state index contributed by atoms with van der Waals surface area (Å²) in [7, 11) is 0. The molecule has 0 aromatic carbocycles. The van der Waals surface area contributed by atoms with Crippen molar-refractivity contribution in [3.63, 3.8) is 0 Å². The van der Waals surface area contributed by atoms with Gasteiger partial charge in [-0.25, -0.2) is 0 Å². The van der Waals surface area contributed by atoms with Gasteiger partial charge in [-0.1, -0.05) is 52.3 Å². The maximum absolute atomic E-state index is 11.9. The van der Waals surface area contributed by atoms with Gasteiger partial charge in [0.2, 0.25) is 0 Å². The van der Waals surface area contributed by atoms with Gasteiger partial charge in [-0.2, -0.15) is 0 Å². The van der Waals surface area contributed by atoms with Crippen LogP contribution in [0.25, 0.3) is 0 Å². The highest BCUT2D eigenvalue weighted by Gasteiger charge is 2.70. The molecule has 1 aliphatic heterocycles. The van der Waals surface area contributed by atoms with Crippen LogP contribution in [0.3, 0.4) is 0 Å². The Bertz CT molecular complexity index is 781. The molecular formula is C28H46O4.